The van der Waals surface area contributed by atoms with Crippen molar-refractivity contribution in [3.63, 3.8) is 0 Å². The number of aliphatic carboxylic acids is 1. The molecule has 0 aliphatic rings. The van der Waals surface area contributed by atoms with Gasteiger partial charge in [0.2, 0.25) is 0 Å². The zero-order valence-corrected chi connectivity index (χ0v) is 15.2. The molecule has 6 heteroatoms. The van der Waals surface area contributed by atoms with E-state index in [4.69, 9.17) is 5.11 Å². The van der Waals surface area contributed by atoms with Crippen molar-refractivity contribution < 1.29 is 14.8 Å². The van der Waals surface area contributed by atoms with E-state index in [1.165, 1.54) is 6.07 Å². The second kappa shape index (κ2) is 12.5. The van der Waals surface area contributed by atoms with Crippen molar-refractivity contribution in [1.29, 1.82) is 0 Å². The van der Waals surface area contributed by atoms with Crippen molar-refractivity contribution in [2.75, 3.05) is 19.6 Å². The standard InChI is InChI=1S/C16H24N2O4.C2H6/c1-3-9-17(10-4-2)11-8-13-6-5-7-15(18(21)22)14(13)12-16(19)20;1-2/h5-7H,3-4,8-12H2,1-2H3,(H,19,20);1-2H3. The molecule has 0 heterocycles. The Morgan fingerprint density at radius 1 is 1.17 bits per heavy atom. The maximum atomic E-state index is 11.1. The Morgan fingerprint density at radius 3 is 2.21 bits per heavy atom. The number of nitro benzene ring substituents is 1. The highest BCUT2D eigenvalue weighted by Gasteiger charge is 2.20. The number of hydrogen-bond donors (Lipinski definition) is 1. The number of nitro groups is 1. The Morgan fingerprint density at radius 2 is 1.75 bits per heavy atom. The van der Waals surface area contributed by atoms with E-state index < -0.39 is 10.9 Å². The minimum atomic E-state index is -1.05. The molecule has 0 amide bonds. The van der Waals surface area contributed by atoms with Gasteiger partial charge in [-0.1, -0.05) is 39.8 Å². The van der Waals surface area contributed by atoms with E-state index in [-0.39, 0.29) is 12.1 Å². The fourth-order valence-corrected chi connectivity index (χ4v) is 2.63. The quantitative estimate of drug-likeness (QED) is 0.516. The molecule has 0 saturated heterocycles. The molecular formula is C18H30N2O4. The zero-order chi connectivity index (χ0) is 18.5. The number of benzene rings is 1. The largest absolute Gasteiger partial charge is 0.481 e. The number of carboxylic acid groups (broad SMARTS) is 1. The molecule has 0 fully saturated rings. The van der Waals surface area contributed by atoms with E-state index in [1.54, 1.807) is 12.1 Å². The first kappa shape index (κ1) is 22.1. The molecule has 0 radical (unpaired) electrons. The van der Waals surface area contributed by atoms with Crippen molar-refractivity contribution in [2.45, 2.75) is 53.4 Å². The number of hydrogen-bond acceptors (Lipinski definition) is 4. The fraction of sp³-hybridized carbons (Fsp3) is 0.611. The van der Waals surface area contributed by atoms with Gasteiger partial charge >= 0.3 is 5.97 Å². The average Bonchev–Trinajstić information content (AvgIpc) is 2.55. The third-order valence-electron chi connectivity index (χ3n) is 3.55. The van der Waals surface area contributed by atoms with E-state index in [1.807, 2.05) is 13.8 Å². The van der Waals surface area contributed by atoms with Crippen molar-refractivity contribution in [3.05, 3.63) is 39.4 Å². The van der Waals surface area contributed by atoms with Crippen LogP contribution in [0.3, 0.4) is 0 Å². The van der Waals surface area contributed by atoms with Crippen LogP contribution in [0.25, 0.3) is 0 Å². The molecule has 0 aromatic heterocycles. The van der Waals surface area contributed by atoms with Gasteiger partial charge in [-0.05, 0) is 37.9 Å². The van der Waals surface area contributed by atoms with Gasteiger partial charge in [-0.25, -0.2) is 0 Å². The summed E-state index contributed by atoms with van der Waals surface area (Å²) in [6, 6.07) is 4.79. The van der Waals surface area contributed by atoms with Gasteiger partial charge in [0.1, 0.15) is 0 Å². The van der Waals surface area contributed by atoms with Crippen molar-refractivity contribution >= 4 is 11.7 Å². The zero-order valence-electron chi connectivity index (χ0n) is 15.2. The molecule has 24 heavy (non-hydrogen) atoms. The maximum absolute atomic E-state index is 11.1. The third-order valence-corrected chi connectivity index (χ3v) is 3.55. The third kappa shape index (κ3) is 7.55. The molecule has 0 aliphatic heterocycles. The average molecular weight is 338 g/mol. The van der Waals surface area contributed by atoms with Gasteiger partial charge in [0.25, 0.3) is 5.69 Å². The highest BCUT2D eigenvalue weighted by molar-refractivity contribution is 5.73. The Labute approximate surface area is 144 Å². The maximum Gasteiger partial charge on any atom is 0.308 e. The smallest absolute Gasteiger partial charge is 0.308 e. The summed E-state index contributed by atoms with van der Waals surface area (Å²) in [4.78, 5) is 23.9. The summed E-state index contributed by atoms with van der Waals surface area (Å²) in [6.45, 7) is 11.0. The first-order chi connectivity index (χ1) is 11.5. The summed E-state index contributed by atoms with van der Waals surface area (Å²) in [5.74, 6) is -1.05. The minimum absolute atomic E-state index is 0.0996. The van der Waals surface area contributed by atoms with Crippen LogP contribution in [-0.2, 0) is 17.6 Å². The van der Waals surface area contributed by atoms with Crippen LogP contribution in [0.1, 0.15) is 51.7 Å². The Bertz CT molecular complexity index is 512. The van der Waals surface area contributed by atoms with Gasteiger partial charge in [-0.15, -0.1) is 0 Å². The van der Waals surface area contributed by atoms with Crippen LogP contribution < -0.4 is 0 Å². The molecule has 0 atom stereocenters. The van der Waals surface area contributed by atoms with Crippen LogP contribution in [0.4, 0.5) is 5.69 Å². The Hall–Kier alpha value is -1.95. The lowest BCUT2D eigenvalue weighted by molar-refractivity contribution is -0.385. The number of carboxylic acids is 1. The summed E-state index contributed by atoms with van der Waals surface area (Å²) in [6.07, 6.45) is 2.42. The Kier molecular flexibility index (Phi) is 11.5. The molecule has 136 valence electrons. The predicted octanol–water partition coefficient (Wildman–Crippen LogP) is 3.91. The molecule has 1 rings (SSSR count). The lowest BCUT2D eigenvalue weighted by Gasteiger charge is -2.21. The molecule has 1 aromatic rings. The number of nitrogens with zero attached hydrogens (tertiary/aromatic N) is 2. The van der Waals surface area contributed by atoms with Crippen molar-refractivity contribution in [3.8, 4) is 0 Å². The highest BCUT2D eigenvalue weighted by Crippen LogP contribution is 2.23. The van der Waals surface area contributed by atoms with Crippen LogP contribution in [0.15, 0.2) is 18.2 Å². The van der Waals surface area contributed by atoms with E-state index >= 15 is 0 Å². The summed E-state index contributed by atoms with van der Waals surface area (Å²) in [5, 5.41) is 20.1. The van der Waals surface area contributed by atoms with E-state index in [2.05, 4.69) is 18.7 Å². The summed E-state index contributed by atoms with van der Waals surface area (Å²) in [5.41, 5.74) is 0.985. The lowest BCUT2D eigenvalue weighted by atomic mass is 9.99. The molecule has 0 unspecified atom stereocenters. The van der Waals surface area contributed by atoms with Gasteiger partial charge in [-0.3, -0.25) is 14.9 Å². The summed E-state index contributed by atoms with van der Waals surface area (Å²) < 4.78 is 0. The highest BCUT2D eigenvalue weighted by atomic mass is 16.6. The SMILES string of the molecule is CC.CCCN(CCC)CCc1cccc([N+](=O)[O-])c1CC(=O)O. The molecular weight excluding hydrogens is 308 g/mol. The van der Waals surface area contributed by atoms with Crippen molar-refractivity contribution in [2.24, 2.45) is 0 Å². The van der Waals surface area contributed by atoms with Crippen LogP contribution in [0, 0.1) is 10.1 Å². The normalized spacial score (nSPS) is 10.2. The van der Waals surface area contributed by atoms with E-state index in [0.717, 1.165) is 38.0 Å². The summed E-state index contributed by atoms with van der Waals surface area (Å²) >= 11 is 0. The monoisotopic (exact) mass is 338 g/mol. The molecule has 6 nitrogen and oxygen atoms in total. The molecule has 0 aliphatic carbocycles. The molecule has 0 saturated carbocycles. The number of rotatable bonds is 10. The first-order valence-corrected chi connectivity index (χ1v) is 8.68. The van der Waals surface area contributed by atoms with E-state index in [9.17, 15) is 14.9 Å². The van der Waals surface area contributed by atoms with Gasteiger partial charge < -0.3 is 10.0 Å². The predicted molar refractivity (Wildman–Crippen MR) is 96.5 cm³/mol. The van der Waals surface area contributed by atoms with Crippen LogP contribution in [0.5, 0.6) is 0 Å². The van der Waals surface area contributed by atoms with Crippen LogP contribution in [-0.4, -0.2) is 40.5 Å². The number of carbonyl (C=O) groups is 1. The van der Waals surface area contributed by atoms with Gasteiger partial charge in [0, 0.05) is 18.2 Å². The van der Waals surface area contributed by atoms with E-state index in [0.29, 0.717) is 12.0 Å². The second-order valence-corrected chi connectivity index (χ2v) is 5.33. The van der Waals surface area contributed by atoms with Crippen LogP contribution in [0.2, 0.25) is 0 Å². The topological polar surface area (TPSA) is 83.7 Å². The first-order valence-electron chi connectivity index (χ1n) is 8.68. The molecule has 1 aromatic carbocycles. The van der Waals surface area contributed by atoms with Crippen LogP contribution >= 0.6 is 0 Å². The molecule has 0 spiro atoms. The van der Waals surface area contributed by atoms with Gasteiger partial charge in [-0.2, -0.15) is 0 Å². The second-order valence-electron chi connectivity index (χ2n) is 5.33. The Balaban J connectivity index is 0.00000254. The minimum Gasteiger partial charge on any atom is -0.481 e. The molecule has 0 bridgehead atoms. The fourth-order valence-electron chi connectivity index (χ4n) is 2.63. The molecule has 1 N–H and O–H groups in total. The van der Waals surface area contributed by atoms with Crippen molar-refractivity contribution in [1.82, 2.24) is 4.90 Å². The van der Waals surface area contributed by atoms with Gasteiger partial charge in [0.05, 0.1) is 11.3 Å². The summed E-state index contributed by atoms with van der Waals surface area (Å²) in [7, 11) is 0. The van der Waals surface area contributed by atoms with Gasteiger partial charge in [0.15, 0.2) is 0 Å². The lowest BCUT2D eigenvalue weighted by Crippen LogP contribution is -2.28.